The normalized spacial score (nSPS) is 20.1. The van der Waals surface area contributed by atoms with E-state index in [9.17, 15) is 9.59 Å². The zero-order valence-electron chi connectivity index (χ0n) is 13.7. The van der Waals surface area contributed by atoms with Gasteiger partial charge in [0.2, 0.25) is 5.91 Å². The highest BCUT2D eigenvalue weighted by Crippen LogP contribution is 2.25. The van der Waals surface area contributed by atoms with Crippen LogP contribution >= 0.6 is 0 Å². The predicted molar refractivity (Wildman–Crippen MR) is 89.3 cm³/mol. The minimum absolute atomic E-state index is 0.0711. The summed E-state index contributed by atoms with van der Waals surface area (Å²) in [5, 5.41) is 15.1. The van der Waals surface area contributed by atoms with Gasteiger partial charge in [-0.05, 0) is 37.1 Å². The second-order valence-electron chi connectivity index (χ2n) is 6.04. The third-order valence-electron chi connectivity index (χ3n) is 4.24. The van der Waals surface area contributed by atoms with Crippen molar-refractivity contribution in [2.75, 3.05) is 18.4 Å². The number of aliphatic carboxylic acids is 1. The minimum atomic E-state index is -0.762. The molecule has 1 aromatic rings. The lowest BCUT2D eigenvalue weighted by Crippen LogP contribution is -2.53. The first-order chi connectivity index (χ1) is 11.0. The molecule has 1 aliphatic carbocycles. The summed E-state index contributed by atoms with van der Waals surface area (Å²) in [6.07, 6.45) is 1.98. The van der Waals surface area contributed by atoms with Crippen molar-refractivity contribution in [3.8, 4) is 0 Å². The van der Waals surface area contributed by atoms with Crippen LogP contribution in [0.1, 0.15) is 32.3 Å². The minimum Gasteiger partial charge on any atom is -0.480 e. The van der Waals surface area contributed by atoms with Crippen LogP contribution in [-0.4, -0.2) is 47.1 Å². The summed E-state index contributed by atoms with van der Waals surface area (Å²) in [4.78, 5) is 23.8. The molecule has 3 N–H and O–H groups in total. The summed E-state index contributed by atoms with van der Waals surface area (Å²) in [7, 11) is 0. The summed E-state index contributed by atoms with van der Waals surface area (Å²) in [6.45, 7) is 5.17. The highest BCUT2D eigenvalue weighted by molar-refractivity contribution is 5.88. The maximum Gasteiger partial charge on any atom is 0.317 e. The molecule has 0 radical (unpaired) electrons. The van der Waals surface area contributed by atoms with Gasteiger partial charge in [-0.2, -0.15) is 0 Å². The summed E-state index contributed by atoms with van der Waals surface area (Å²) < 4.78 is 0. The van der Waals surface area contributed by atoms with Crippen LogP contribution in [0.3, 0.4) is 0 Å². The third-order valence-corrected chi connectivity index (χ3v) is 4.24. The van der Waals surface area contributed by atoms with Gasteiger partial charge >= 0.3 is 5.97 Å². The SMILES string of the molecule is CCN(CC(=O)O)C1CC(NCc2ccc(NC(C)=O)cc2)C1. The van der Waals surface area contributed by atoms with Gasteiger partial charge in [-0.15, -0.1) is 0 Å². The van der Waals surface area contributed by atoms with Gasteiger partial charge in [0.15, 0.2) is 0 Å². The maximum atomic E-state index is 11.0. The molecule has 0 aromatic heterocycles. The monoisotopic (exact) mass is 319 g/mol. The fraction of sp³-hybridized carbons (Fsp3) is 0.529. The van der Waals surface area contributed by atoms with Gasteiger partial charge in [-0.25, -0.2) is 0 Å². The molecule has 0 atom stereocenters. The van der Waals surface area contributed by atoms with Crippen LogP contribution in [0, 0.1) is 0 Å². The Bertz CT molecular complexity index is 539. The number of carboxylic acid groups (broad SMARTS) is 1. The van der Waals surface area contributed by atoms with Crippen LogP contribution in [0.5, 0.6) is 0 Å². The number of carboxylic acids is 1. The molecule has 6 nitrogen and oxygen atoms in total. The van der Waals surface area contributed by atoms with Crippen molar-refractivity contribution in [2.45, 2.75) is 45.3 Å². The molecule has 2 rings (SSSR count). The second-order valence-corrected chi connectivity index (χ2v) is 6.04. The van der Waals surface area contributed by atoms with Gasteiger partial charge in [0.1, 0.15) is 0 Å². The molecule has 6 heteroatoms. The molecule has 0 heterocycles. The number of rotatable bonds is 8. The molecular formula is C17H25N3O3. The maximum absolute atomic E-state index is 11.0. The van der Waals surface area contributed by atoms with Crippen molar-refractivity contribution in [1.82, 2.24) is 10.2 Å². The zero-order chi connectivity index (χ0) is 16.8. The number of nitrogens with zero attached hydrogens (tertiary/aromatic N) is 1. The first-order valence-corrected chi connectivity index (χ1v) is 8.03. The Morgan fingerprint density at radius 3 is 2.43 bits per heavy atom. The number of benzene rings is 1. The summed E-state index contributed by atoms with van der Waals surface area (Å²) in [6, 6.07) is 8.60. The molecule has 0 unspecified atom stereocenters. The molecule has 0 bridgehead atoms. The average molecular weight is 319 g/mol. The number of nitrogens with one attached hydrogen (secondary N) is 2. The number of carbonyl (C=O) groups is 2. The van der Waals surface area contributed by atoms with Crippen LogP contribution < -0.4 is 10.6 Å². The first-order valence-electron chi connectivity index (χ1n) is 8.03. The van der Waals surface area contributed by atoms with Crippen LogP contribution in [0.2, 0.25) is 0 Å². The topological polar surface area (TPSA) is 81.7 Å². The highest BCUT2D eigenvalue weighted by atomic mass is 16.4. The smallest absolute Gasteiger partial charge is 0.317 e. The Morgan fingerprint density at radius 2 is 1.91 bits per heavy atom. The Hall–Kier alpha value is -1.92. The van der Waals surface area contributed by atoms with Crippen LogP contribution in [0.4, 0.5) is 5.69 Å². The van der Waals surface area contributed by atoms with E-state index < -0.39 is 5.97 Å². The van der Waals surface area contributed by atoms with Gasteiger partial charge in [-0.1, -0.05) is 19.1 Å². The summed E-state index contributed by atoms with van der Waals surface area (Å²) in [5.41, 5.74) is 1.97. The lowest BCUT2D eigenvalue weighted by atomic mass is 9.85. The largest absolute Gasteiger partial charge is 0.480 e. The lowest BCUT2D eigenvalue weighted by Gasteiger charge is -2.42. The standard InChI is InChI=1S/C17H25N3O3/c1-3-20(11-17(22)23)16-8-15(9-16)18-10-13-4-6-14(7-5-13)19-12(2)21/h4-7,15-16,18H,3,8-11H2,1-2H3,(H,19,21)(H,22,23). The molecule has 1 saturated carbocycles. The van der Waals surface area contributed by atoms with Crippen molar-refractivity contribution in [3.63, 3.8) is 0 Å². The molecule has 0 saturated heterocycles. The van der Waals surface area contributed by atoms with E-state index in [0.717, 1.165) is 31.6 Å². The van der Waals surface area contributed by atoms with Crippen molar-refractivity contribution in [2.24, 2.45) is 0 Å². The van der Waals surface area contributed by atoms with E-state index in [1.165, 1.54) is 12.5 Å². The van der Waals surface area contributed by atoms with E-state index in [4.69, 9.17) is 5.11 Å². The van der Waals surface area contributed by atoms with Gasteiger partial charge in [-0.3, -0.25) is 14.5 Å². The zero-order valence-corrected chi connectivity index (χ0v) is 13.7. The fourth-order valence-electron chi connectivity index (χ4n) is 2.90. The van der Waals surface area contributed by atoms with Crippen molar-refractivity contribution in [1.29, 1.82) is 0 Å². The Balaban J connectivity index is 1.72. The molecule has 126 valence electrons. The summed E-state index contributed by atoms with van der Waals surface area (Å²) in [5.74, 6) is -0.833. The van der Waals surface area contributed by atoms with E-state index in [0.29, 0.717) is 12.1 Å². The van der Waals surface area contributed by atoms with Crippen molar-refractivity contribution in [3.05, 3.63) is 29.8 Å². The molecule has 1 fully saturated rings. The number of hydrogen-bond donors (Lipinski definition) is 3. The van der Waals surface area contributed by atoms with Gasteiger partial charge in [0, 0.05) is 31.2 Å². The van der Waals surface area contributed by atoms with Crippen molar-refractivity contribution >= 4 is 17.6 Å². The Kier molecular flexibility index (Phi) is 6.12. The second kappa shape index (κ2) is 8.08. The van der Waals surface area contributed by atoms with E-state index in [2.05, 4.69) is 10.6 Å². The quantitative estimate of drug-likeness (QED) is 0.679. The van der Waals surface area contributed by atoms with Crippen LogP contribution in [0.15, 0.2) is 24.3 Å². The predicted octanol–water partition coefficient (Wildman–Crippen LogP) is 1.67. The number of likely N-dealkylation sites (N-methyl/N-ethyl adjacent to an activating group) is 1. The van der Waals surface area contributed by atoms with Crippen LogP contribution in [0.25, 0.3) is 0 Å². The van der Waals surface area contributed by atoms with E-state index in [1.54, 1.807) is 0 Å². The molecule has 23 heavy (non-hydrogen) atoms. The number of amides is 1. The molecular weight excluding hydrogens is 294 g/mol. The van der Waals surface area contributed by atoms with Gasteiger partial charge in [0.05, 0.1) is 6.54 Å². The molecule has 1 amide bonds. The highest BCUT2D eigenvalue weighted by Gasteiger charge is 2.33. The molecule has 1 aromatic carbocycles. The lowest BCUT2D eigenvalue weighted by molar-refractivity contribution is -0.139. The fourth-order valence-corrected chi connectivity index (χ4v) is 2.90. The van der Waals surface area contributed by atoms with Crippen LogP contribution in [-0.2, 0) is 16.1 Å². The first kappa shape index (κ1) is 17.4. The summed E-state index contributed by atoms with van der Waals surface area (Å²) >= 11 is 0. The molecule has 1 aliphatic rings. The van der Waals surface area contributed by atoms with Gasteiger partial charge in [0.25, 0.3) is 0 Å². The number of anilines is 1. The molecule has 0 aliphatic heterocycles. The number of carbonyl (C=O) groups excluding carboxylic acids is 1. The van der Waals surface area contributed by atoms with Crippen molar-refractivity contribution < 1.29 is 14.7 Å². The average Bonchev–Trinajstić information content (AvgIpc) is 2.45. The van der Waals surface area contributed by atoms with E-state index >= 15 is 0 Å². The number of hydrogen-bond acceptors (Lipinski definition) is 4. The molecule has 0 spiro atoms. The Labute approximate surface area is 136 Å². The third kappa shape index (κ3) is 5.33. The van der Waals surface area contributed by atoms with E-state index in [-0.39, 0.29) is 12.5 Å². The Morgan fingerprint density at radius 1 is 1.26 bits per heavy atom. The van der Waals surface area contributed by atoms with E-state index in [1.807, 2.05) is 36.1 Å². The van der Waals surface area contributed by atoms with Gasteiger partial charge < -0.3 is 15.7 Å².